The van der Waals surface area contributed by atoms with Gasteiger partial charge < -0.3 is 11.1 Å². The number of halogens is 1. The van der Waals surface area contributed by atoms with Crippen molar-refractivity contribution in [3.05, 3.63) is 28.2 Å². The molecular formula is C13H21BrN2. The van der Waals surface area contributed by atoms with Crippen LogP contribution in [0.4, 0.5) is 5.69 Å². The number of nitrogens with two attached hydrogens (primary N) is 1. The summed E-state index contributed by atoms with van der Waals surface area (Å²) in [5.41, 5.74) is 7.94. The number of nitrogen functional groups attached to an aromatic ring is 1. The molecule has 3 N–H and O–H groups in total. The van der Waals surface area contributed by atoms with Crippen LogP contribution < -0.4 is 11.1 Å². The summed E-state index contributed by atoms with van der Waals surface area (Å²) in [5.74, 6) is 1.41. The van der Waals surface area contributed by atoms with E-state index in [0.29, 0.717) is 5.92 Å². The van der Waals surface area contributed by atoms with E-state index in [2.05, 4.69) is 48.1 Å². The summed E-state index contributed by atoms with van der Waals surface area (Å²) in [5, 5.41) is 3.45. The fraction of sp³-hybridized carbons (Fsp3) is 0.538. The third-order valence-electron chi connectivity index (χ3n) is 3.03. The van der Waals surface area contributed by atoms with E-state index in [-0.39, 0.29) is 0 Å². The normalized spacial score (nSPS) is 13.1. The Hall–Kier alpha value is -0.540. The molecule has 0 amide bonds. The molecule has 1 rings (SSSR count). The van der Waals surface area contributed by atoms with E-state index in [9.17, 15) is 0 Å². The molecule has 0 saturated heterocycles. The molecule has 0 bridgehead atoms. The zero-order valence-corrected chi connectivity index (χ0v) is 11.8. The molecule has 0 heterocycles. The maximum Gasteiger partial charge on any atom is 0.0370 e. The minimum atomic E-state index is 0.691. The molecule has 0 aliphatic carbocycles. The minimum Gasteiger partial charge on any atom is -0.398 e. The molecule has 0 aliphatic rings. The summed E-state index contributed by atoms with van der Waals surface area (Å²) >= 11 is 3.41. The van der Waals surface area contributed by atoms with Crippen LogP contribution in [0.1, 0.15) is 26.3 Å². The van der Waals surface area contributed by atoms with Crippen molar-refractivity contribution in [1.29, 1.82) is 0 Å². The zero-order chi connectivity index (χ0) is 12.1. The van der Waals surface area contributed by atoms with Crippen molar-refractivity contribution < 1.29 is 0 Å². The highest BCUT2D eigenvalue weighted by Crippen LogP contribution is 2.18. The first-order chi connectivity index (χ1) is 7.50. The Morgan fingerprint density at radius 1 is 1.31 bits per heavy atom. The maximum atomic E-state index is 5.93. The number of hydrogen-bond donors (Lipinski definition) is 2. The van der Waals surface area contributed by atoms with E-state index < -0.39 is 0 Å². The van der Waals surface area contributed by atoms with Crippen LogP contribution in [0, 0.1) is 11.8 Å². The van der Waals surface area contributed by atoms with E-state index in [4.69, 9.17) is 5.73 Å². The molecule has 0 radical (unpaired) electrons. The molecule has 0 aromatic heterocycles. The summed E-state index contributed by atoms with van der Waals surface area (Å²) in [4.78, 5) is 0. The van der Waals surface area contributed by atoms with E-state index >= 15 is 0 Å². The highest BCUT2D eigenvalue weighted by molar-refractivity contribution is 9.10. The van der Waals surface area contributed by atoms with Gasteiger partial charge in [0.25, 0.3) is 0 Å². The Morgan fingerprint density at radius 2 is 2.00 bits per heavy atom. The topological polar surface area (TPSA) is 38.0 Å². The average Bonchev–Trinajstić information content (AvgIpc) is 2.20. The smallest absolute Gasteiger partial charge is 0.0370 e. The SMILES string of the molecule is CC(C)C(C)CNCc1ccc(Br)cc1N. The Bertz CT molecular complexity index is 337. The number of nitrogens with one attached hydrogen (secondary N) is 1. The van der Waals surface area contributed by atoms with Crippen LogP contribution in [0.25, 0.3) is 0 Å². The van der Waals surface area contributed by atoms with Gasteiger partial charge in [-0.15, -0.1) is 0 Å². The van der Waals surface area contributed by atoms with Crippen LogP contribution in [0.15, 0.2) is 22.7 Å². The van der Waals surface area contributed by atoms with Crippen LogP contribution in [0.3, 0.4) is 0 Å². The van der Waals surface area contributed by atoms with Gasteiger partial charge in [-0.3, -0.25) is 0 Å². The lowest BCUT2D eigenvalue weighted by Crippen LogP contribution is -2.24. The Morgan fingerprint density at radius 3 is 2.56 bits per heavy atom. The lowest BCUT2D eigenvalue weighted by molar-refractivity contribution is 0.392. The quantitative estimate of drug-likeness (QED) is 0.814. The number of hydrogen-bond acceptors (Lipinski definition) is 2. The van der Waals surface area contributed by atoms with E-state index in [1.54, 1.807) is 0 Å². The van der Waals surface area contributed by atoms with Crippen LogP contribution in [-0.2, 0) is 6.54 Å². The van der Waals surface area contributed by atoms with Crippen LogP contribution in [0.5, 0.6) is 0 Å². The fourth-order valence-corrected chi connectivity index (χ4v) is 1.78. The van der Waals surface area contributed by atoms with Crippen molar-refractivity contribution in [2.75, 3.05) is 12.3 Å². The maximum absolute atomic E-state index is 5.93. The molecule has 90 valence electrons. The molecule has 1 aromatic rings. The monoisotopic (exact) mass is 284 g/mol. The summed E-state index contributed by atoms with van der Waals surface area (Å²) < 4.78 is 1.03. The van der Waals surface area contributed by atoms with Gasteiger partial charge in [0.2, 0.25) is 0 Å². The van der Waals surface area contributed by atoms with Gasteiger partial charge in [0.05, 0.1) is 0 Å². The molecule has 0 fully saturated rings. The first kappa shape index (κ1) is 13.5. The zero-order valence-electron chi connectivity index (χ0n) is 10.3. The minimum absolute atomic E-state index is 0.691. The van der Waals surface area contributed by atoms with E-state index in [0.717, 1.165) is 29.2 Å². The van der Waals surface area contributed by atoms with Gasteiger partial charge in [0.15, 0.2) is 0 Å². The van der Waals surface area contributed by atoms with E-state index in [1.807, 2.05) is 12.1 Å². The highest BCUT2D eigenvalue weighted by atomic mass is 79.9. The Kier molecular flexibility index (Phi) is 5.29. The molecule has 16 heavy (non-hydrogen) atoms. The van der Waals surface area contributed by atoms with Crippen molar-refractivity contribution in [2.24, 2.45) is 11.8 Å². The van der Waals surface area contributed by atoms with Gasteiger partial charge >= 0.3 is 0 Å². The largest absolute Gasteiger partial charge is 0.398 e. The van der Waals surface area contributed by atoms with Gasteiger partial charge in [0.1, 0.15) is 0 Å². The van der Waals surface area contributed by atoms with Gasteiger partial charge in [-0.25, -0.2) is 0 Å². The standard InChI is InChI=1S/C13H21BrN2/c1-9(2)10(3)7-16-8-11-4-5-12(14)6-13(11)15/h4-6,9-10,16H,7-8,15H2,1-3H3. The molecule has 1 aromatic carbocycles. The summed E-state index contributed by atoms with van der Waals surface area (Å²) in [6.45, 7) is 8.65. The number of rotatable bonds is 5. The van der Waals surface area contributed by atoms with Gasteiger partial charge in [0, 0.05) is 16.7 Å². The number of benzene rings is 1. The summed E-state index contributed by atoms with van der Waals surface area (Å²) in [6.07, 6.45) is 0. The second-order valence-corrected chi connectivity index (χ2v) is 5.61. The predicted molar refractivity (Wildman–Crippen MR) is 74.3 cm³/mol. The second-order valence-electron chi connectivity index (χ2n) is 4.70. The molecule has 3 heteroatoms. The molecule has 1 atom stereocenters. The molecule has 0 aliphatic heterocycles. The summed E-state index contributed by atoms with van der Waals surface area (Å²) in [6, 6.07) is 6.04. The van der Waals surface area contributed by atoms with Crippen molar-refractivity contribution in [3.8, 4) is 0 Å². The third-order valence-corrected chi connectivity index (χ3v) is 3.52. The molecule has 2 nitrogen and oxygen atoms in total. The predicted octanol–water partition coefficient (Wildman–Crippen LogP) is 3.41. The van der Waals surface area contributed by atoms with Crippen molar-refractivity contribution in [2.45, 2.75) is 27.3 Å². The van der Waals surface area contributed by atoms with Gasteiger partial charge in [-0.05, 0) is 36.1 Å². The van der Waals surface area contributed by atoms with E-state index in [1.165, 1.54) is 5.56 Å². The van der Waals surface area contributed by atoms with Crippen LogP contribution in [-0.4, -0.2) is 6.54 Å². The van der Waals surface area contributed by atoms with Gasteiger partial charge in [-0.2, -0.15) is 0 Å². The van der Waals surface area contributed by atoms with Crippen molar-refractivity contribution in [1.82, 2.24) is 5.32 Å². The summed E-state index contributed by atoms with van der Waals surface area (Å²) in [7, 11) is 0. The number of anilines is 1. The molecule has 0 spiro atoms. The lowest BCUT2D eigenvalue weighted by atomic mass is 9.98. The Balaban J connectivity index is 2.43. The van der Waals surface area contributed by atoms with Gasteiger partial charge in [-0.1, -0.05) is 42.8 Å². The molecule has 1 unspecified atom stereocenters. The molecular weight excluding hydrogens is 264 g/mol. The first-order valence-electron chi connectivity index (χ1n) is 5.75. The highest BCUT2D eigenvalue weighted by Gasteiger charge is 2.06. The van der Waals surface area contributed by atoms with Crippen molar-refractivity contribution in [3.63, 3.8) is 0 Å². The van der Waals surface area contributed by atoms with Crippen LogP contribution in [0.2, 0.25) is 0 Å². The lowest BCUT2D eigenvalue weighted by Gasteiger charge is -2.16. The van der Waals surface area contributed by atoms with Crippen LogP contribution >= 0.6 is 15.9 Å². The third kappa shape index (κ3) is 4.14. The fourth-order valence-electron chi connectivity index (χ4n) is 1.40. The van der Waals surface area contributed by atoms with Crippen molar-refractivity contribution >= 4 is 21.6 Å². The molecule has 0 saturated carbocycles. The first-order valence-corrected chi connectivity index (χ1v) is 6.54. The Labute approximate surface area is 107 Å². The average molecular weight is 285 g/mol. The second kappa shape index (κ2) is 6.26.